The third kappa shape index (κ3) is 6.06. The highest BCUT2D eigenvalue weighted by Crippen LogP contribution is 2.38. The van der Waals surface area contributed by atoms with Gasteiger partial charge in [0.2, 0.25) is 0 Å². The Morgan fingerprint density at radius 2 is 1.65 bits per heavy atom. The van der Waals surface area contributed by atoms with Crippen molar-refractivity contribution in [1.82, 2.24) is 0 Å². The maximum absolute atomic E-state index is 10.9. The molecule has 102 valence electrons. The van der Waals surface area contributed by atoms with E-state index >= 15 is 0 Å². The lowest BCUT2D eigenvalue weighted by Crippen LogP contribution is -2.50. The van der Waals surface area contributed by atoms with E-state index in [1.54, 1.807) is 0 Å². The third-order valence-electron chi connectivity index (χ3n) is 3.93. The van der Waals surface area contributed by atoms with E-state index in [0.717, 1.165) is 12.8 Å². The highest BCUT2D eigenvalue weighted by Gasteiger charge is 2.39. The summed E-state index contributed by atoms with van der Waals surface area (Å²) >= 11 is 0. The van der Waals surface area contributed by atoms with Gasteiger partial charge in [-0.2, -0.15) is 0 Å². The summed E-state index contributed by atoms with van der Waals surface area (Å²) in [4.78, 5) is 10.9. The van der Waals surface area contributed by atoms with Gasteiger partial charge in [-0.15, -0.1) is 0 Å². The minimum absolute atomic E-state index is 0.157. The lowest BCUT2D eigenvalue weighted by atomic mass is 9.68. The zero-order valence-electron chi connectivity index (χ0n) is 11.9. The van der Waals surface area contributed by atoms with Gasteiger partial charge < -0.3 is 10.8 Å². The van der Waals surface area contributed by atoms with E-state index in [-0.39, 0.29) is 11.8 Å². The first-order valence-corrected chi connectivity index (χ1v) is 6.73. The quantitative estimate of drug-likeness (QED) is 0.608. The Morgan fingerprint density at radius 1 is 1.12 bits per heavy atom. The summed E-state index contributed by atoms with van der Waals surface area (Å²) in [6.45, 7) is 8.06. The van der Waals surface area contributed by atoms with Crippen molar-refractivity contribution in [3.8, 4) is 0 Å². The Kier molecular flexibility index (Phi) is 6.76. The van der Waals surface area contributed by atoms with Crippen LogP contribution in [0, 0.1) is 5.41 Å². The largest absolute Gasteiger partial charge is 0.481 e. The van der Waals surface area contributed by atoms with Gasteiger partial charge in [0, 0.05) is 5.54 Å². The minimum Gasteiger partial charge on any atom is -0.481 e. The van der Waals surface area contributed by atoms with Crippen LogP contribution in [-0.2, 0) is 4.79 Å². The molecule has 3 heteroatoms. The van der Waals surface area contributed by atoms with E-state index in [0.29, 0.717) is 0 Å². The van der Waals surface area contributed by atoms with Gasteiger partial charge in [0.1, 0.15) is 0 Å². The van der Waals surface area contributed by atoms with Crippen LogP contribution < -0.4 is 5.73 Å². The molecular weight excluding hydrogens is 214 g/mol. The van der Waals surface area contributed by atoms with Gasteiger partial charge in [0.25, 0.3) is 0 Å². The van der Waals surface area contributed by atoms with E-state index in [2.05, 4.69) is 6.92 Å². The highest BCUT2D eigenvalue weighted by molar-refractivity contribution is 5.67. The fourth-order valence-electron chi connectivity index (χ4n) is 2.09. The van der Waals surface area contributed by atoms with Crippen molar-refractivity contribution in [2.45, 2.75) is 78.2 Å². The number of rotatable bonds is 9. The van der Waals surface area contributed by atoms with E-state index in [9.17, 15) is 4.79 Å². The molecule has 0 aromatic heterocycles. The maximum Gasteiger partial charge on any atom is 0.303 e. The van der Waals surface area contributed by atoms with Crippen molar-refractivity contribution in [3.05, 3.63) is 0 Å². The molecule has 17 heavy (non-hydrogen) atoms. The number of unbranched alkanes of at least 4 members (excludes halogenated alkanes) is 4. The number of hydrogen-bond acceptors (Lipinski definition) is 2. The topological polar surface area (TPSA) is 63.3 Å². The number of hydrogen-bond donors (Lipinski definition) is 2. The molecule has 0 radical (unpaired) electrons. The summed E-state index contributed by atoms with van der Waals surface area (Å²) < 4.78 is 0. The van der Waals surface area contributed by atoms with Crippen LogP contribution in [0.2, 0.25) is 0 Å². The smallest absolute Gasteiger partial charge is 0.303 e. The maximum atomic E-state index is 10.9. The fourth-order valence-corrected chi connectivity index (χ4v) is 2.09. The summed E-state index contributed by atoms with van der Waals surface area (Å²) in [7, 11) is 0. The zero-order valence-corrected chi connectivity index (χ0v) is 11.9. The Morgan fingerprint density at radius 3 is 2.06 bits per heavy atom. The van der Waals surface area contributed by atoms with Gasteiger partial charge >= 0.3 is 5.97 Å². The van der Waals surface area contributed by atoms with Crippen LogP contribution in [0.1, 0.15) is 72.6 Å². The molecule has 0 aliphatic rings. The minimum atomic E-state index is -0.750. The molecule has 0 amide bonds. The summed E-state index contributed by atoms with van der Waals surface area (Å²) in [5.41, 5.74) is 5.38. The van der Waals surface area contributed by atoms with Crippen molar-refractivity contribution in [2.24, 2.45) is 11.1 Å². The van der Waals surface area contributed by atoms with Crippen LogP contribution in [0.3, 0.4) is 0 Å². The molecule has 0 aromatic rings. The molecule has 0 aliphatic heterocycles. The van der Waals surface area contributed by atoms with E-state index in [1.165, 1.54) is 25.7 Å². The molecule has 3 nitrogen and oxygen atoms in total. The second-order valence-electron chi connectivity index (χ2n) is 6.02. The number of carboxylic acid groups (broad SMARTS) is 1. The van der Waals surface area contributed by atoms with Crippen molar-refractivity contribution in [2.75, 3.05) is 0 Å². The van der Waals surface area contributed by atoms with Gasteiger partial charge in [-0.3, -0.25) is 4.79 Å². The molecule has 1 unspecified atom stereocenters. The van der Waals surface area contributed by atoms with Crippen molar-refractivity contribution in [1.29, 1.82) is 0 Å². The first-order valence-electron chi connectivity index (χ1n) is 6.73. The van der Waals surface area contributed by atoms with E-state index in [4.69, 9.17) is 10.8 Å². The summed E-state index contributed by atoms with van der Waals surface area (Å²) in [6, 6.07) is 0. The van der Waals surface area contributed by atoms with E-state index < -0.39 is 11.5 Å². The summed E-state index contributed by atoms with van der Waals surface area (Å²) in [6.07, 6.45) is 7.04. The molecule has 0 aliphatic carbocycles. The van der Waals surface area contributed by atoms with Crippen LogP contribution in [0.5, 0.6) is 0 Å². The molecule has 0 rings (SSSR count). The second kappa shape index (κ2) is 7.00. The molecule has 0 aromatic carbocycles. The summed E-state index contributed by atoms with van der Waals surface area (Å²) in [5.74, 6) is -0.750. The van der Waals surface area contributed by atoms with Gasteiger partial charge in [-0.25, -0.2) is 0 Å². The number of aliphatic carboxylic acids is 1. The van der Waals surface area contributed by atoms with Crippen LogP contribution in [-0.4, -0.2) is 16.6 Å². The van der Waals surface area contributed by atoms with Gasteiger partial charge in [-0.1, -0.05) is 46.0 Å². The molecule has 3 N–H and O–H groups in total. The zero-order chi connectivity index (χ0) is 13.5. The first kappa shape index (κ1) is 16.4. The van der Waals surface area contributed by atoms with Gasteiger partial charge in [0.15, 0.2) is 0 Å². The van der Waals surface area contributed by atoms with Gasteiger partial charge in [-0.05, 0) is 25.7 Å². The predicted molar refractivity (Wildman–Crippen MR) is 72.0 cm³/mol. The Bertz CT molecular complexity index is 233. The third-order valence-corrected chi connectivity index (χ3v) is 3.93. The molecule has 0 saturated carbocycles. The SMILES string of the molecule is CCCCCCCC(C)(CC(=O)O)C(C)(C)N. The van der Waals surface area contributed by atoms with Crippen molar-refractivity contribution < 1.29 is 9.90 Å². The van der Waals surface area contributed by atoms with Crippen molar-refractivity contribution >= 4 is 5.97 Å². The molecule has 0 saturated heterocycles. The first-order chi connectivity index (χ1) is 7.73. The average Bonchev–Trinajstić information content (AvgIpc) is 2.14. The monoisotopic (exact) mass is 243 g/mol. The Hall–Kier alpha value is -0.570. The fraction of sp³-hybridized carbons (Fsp3) is 0.929. The van der Waals surface area contributed by atoms with Crippen LogP contribution >= 0.6 is 0 Å². The molecule has 0 spiro atoms. The van der Waals surface area contributed by atoms with Crippen LogP contribution in [0.25, 0.3) is 0 Å². The molecule has 0 bridgehead atoms. The van der Waals surface area contributed by atoms with Crippen LogP contribution in [0.15, 0.2) is 0 Å². The predicted octanol–water partition coefficient (Wildman–Crippen LogP) is 3.57. The molecule has 1 atom stereocenters. The molecular formula is C14H29NO2. The number of carbonyl (C=O) groups is 1. The molecule has 0 heterocycles. The van der Waals surface area contributed by atoms with Gasteiger partial charge in [0.05, 0.1) is 6.42 Å². The summed E-state index contributed by atoms with van der Waals surface area (Å²) in [5, 5.41) is 9.00. The lowest BCUT2D eigenvalue weighted by molar-refractivity contribution is -0.140. The highest BCUT2D eigenvalue weighted by atomic mass is 16.4. The second-order valence-corrected chi connectivity index (χ2v) is 6.02. The lowest BCUT2D eigenvalue weighted by Gasteiger charge is -2.41. The van der Waals surface area contributed by atoms with E-state index in [1.807, 2.05) is 20.8 Å². The van der Waals surface area contributed by atoms with Crippen LogP contribution in [0.4, 0.5) is 0 Å². The Labute approximate surface area is 106 Å². The standard InChI is InChI=1S/C14H29NO2/c1-5-6-7-8-9-10-14(4,11-12(16)17)13(2,3)15/h5-11,15H2,1-4H3,(H,16,17). The number of nitrogens with two attached hydrogens (primary N) is 1. The normalized spacial score (nSPS) is 15.6. The van der Waals surface area contributed by atoms with Crippen molar-refractivity contribution in [3.63, 3.8) is 0 Å². The molecule has 0 fully saturated rings. The average molecular weight is 243 g/mol. The number of carboxylic acids is 1. The Balaban J connectivity index is 4.26.